The zero-order valence-electron chi connectivity index (χ0n) is 7.31. The van der Waals surface area contributed by atoms with Crippen LogP contribution in [0.1, 0.15) is 0 Å². The number of rotatable bonds is 3. The Hall–Kier alpha value is -2.10. The summed E-state index contributed by atoms with van der Waals surface area (Å²) in [6.45, 7) is 0.335. The lowest BCUT2D eigenvalue weighted by molar-refractivity contribution is -0.126. The molecule has 0 atom stereocenters. The topological polar surface area (TPSA) is 51.2 Å². The molecule has 0 aliphatic heterocycles. The standard InChI is InChI=1S/C10H8N2O2/c13-7-14-12-9-5-1-3-8-4-2-6-11-10(8)9/h1-7,12H. The molecule has 1 N–H and O–H groups in total. The Kier molecular flexibility index (Phi) is 2.27. The van der Waals surface area contributed by atoms with E-state index in [2.05, 4.69) is 15.3 Å². The first-order chi connectivity index (χ1) is 6.92. The first kappa shape index (κ1) is 8.50. The molecule has 0 saturated heterocycles. The number of hydrogen-bond acceptors (Lipinski definition) is 4. The molecule has 1 aromatic heterocycles. The second-order valence-corrected chi connectivity index (χ2v) is 2.70. The number of aromatic nitrogens is 1. The van der Waals surface area contributed by atoms with E-state index in [4.69, 9.17) is 0 Å². The van der Waals surface area contributed by atoms with Gasteiger partial charge in [-0.15, -0.1) is 0 Å². The normalized spacial score (nSPS) is 9.71. The van der Waals surface area contributed by atoms with Crippen molar-refractivity contribution in [1.29, 1.82) is 0 Å². The van der Waals surface area contributed by atoms with E-state index in [1.807, 2.05) is 24.3 Å². The van der Waals surface area contributed by atoms with Crippen LogP contribution in [0.2, 0.25) is 0 Å². The Morgan fingerprint density at radius 2 is 2.14 bits per heavy atom. The smallest absolute Gasteiger partial charge is 0.320 e. The van der Waals surface area contributed by atoms with Gasteiger partial charge in [-0.3, -0.25) is 9.78 Å². The van der Waals surface area contributed by atoms with Gasteiger partial charge in [-0.05, 0) is 12.1 Å². The van der Waals surface area contributed by atoms with Crippen LogP contribution >= 0.6 is 0 Å². The third kappa shape index (κ3) is 1.50. The summed E-state index contributed by atoms with van der Waals surface area (Å²) in [5, 5.41) is 0.993. The van der Waals surface area contributed by atoms with Crippen molar-refractivity contribution < 1.29 is 9.63 Å². The summed E-state index contributed by atoms with van der Waals surface area (Å²) in [4.78, 5) is 18.6. The van der Waals surface area contributed by atoms with Crippen LogP contribution in [-0.4, -0.2) is 11.5 Å². The zero-order valence-corrected chi connectivity index (χ0v) is 7.31. The molecule has 0 radical (unpaired) electrons. The maximum Gasteiger partial charge on any atom is 0.320 e. The van der Waals surface area contributed by atoms with E-state index in [9.17, 15) is 4.79 Å². The Bertz CT molecular complexity index is 451. The van der Waals surface area contributed by atoms with Crippen LogP contribution in [0.25, 0.3) is 10.9 Å². The highest BCUT2D eigenvalue weighted by Gasteiger charge is 1.99. The van der Waals surface area contributed by atoms with Gasteiger partial charge in [0.15, 0.2) is 0 Å². The highest BCUT2D eigenvalue weighted by Crippen LogP contribution is 2.19. The predicted molar refractivity (Wildman–Crippen MR) is 52.5 cm³/mol. The highest BCUT2D eigenvalue weighted by atomic mass is 16.7. The van der Waals surface area contributed by atoms with Crippen LogP contribution in [0.4, 0.5) is 5.69 Å². The number of fused-ring (bicyclic) bond motifs is 1. The van der Waals surface area contributed by atoms with E-state index in [-0.39, 0.29) is 0 Å². The van der Waals surface area contributed by atoms with Crippen LogP contribution in [-0.2, 0) is 9.63 Å². The van der Waals surface area contributed by atoms with Gasteiger partial charge in [0.2, 0.25) is 0 Å². The van der Waals surface area contributed by atoms with Crippen molar-refractivity contribution in [3.8, 4) is 0 Å². The van der Waals surface area contributed by atoms with Crippen LogP contribution < -0.4 is 5.48 Å². The molecule has 2 rings (SSSR count). The monoisotopic (exact) mass is 188 g/mol. The number of anilines is 1. The summed E-state index contributed by atoms with van der Waals surface area (Å²) >= 11 is 0. The third-order valence-corrected chi connectivity index (χ3v) is 1.85. The molecule has 0 fully saturated rings. The summed E-state index contributed by atoms with van der Waals surface area (Å²) in [6, 6.07) is 9.38. The number of nitrogens with one attached hydrogen (secondary N) is 1. The first-order valence-electron chi connectivity index (χ1n) is 4.11. The van der Waals surface area contributed by atoms with Crippen molar-refractivity contribution in [3.63, 3.8) is 0 Å². The predicted octanol–water partition coefficient (Wildman–Crippen LogP) is 1.73. The van der Waals surface area contributed by atoms with Crippen molar-refractivity contribution in [3.05, 3.63) is 36.5 Å². The maximum absolute atomic E-state index is 10.0. The summed E-state index contributed by atoms with van der Waals surface area (Å²) in [6.07, 6.45) is 1.69. The fourth-order valence-corrected chi connectivity index (χ4v) is 1.27. The average molecular weight is 188 g/mol. The molecule has 2 aromatic rings. The van der Waals surface area contributed by atoms with Crippen LogP contribution in [0.3, 0.4) is 0 Å². The van der Waals surface area contributed by atoms with E-state index in [0.717, 1.165) is 10.9 Å². The number of carbonyl (C=O) groups is 1. The fraction of sp³-hybridized carbons (Fsp3) is 0. The molecular formula is C10H8N2O2. The number of benzene rings is 1. The minimum Gasteiger partial charge on any atom is -0.347 e. The molecule has 4 nitrogen and oxygen atoms in total. The quantitative estimate of drug-likeness (QED) is 0.588. The molecule has 0 saturated carbocycles. The highest BCUT2D eigenvalue weighted by molar-refractivity contribution is 5.89. The Labute approximate surface area is 80.5 Å². The van der Waals surface area contributed by atoms with Crippen LogP contribution in [0, 0.1) is 0 Å². The number of carbonyl (C=O) groups excluding carboxylic acids is 1. The van der Waals surface area contributed by atoms with Gasteiger partial charge >= 0.3 is 6.47 Å². The number of para-hydroxylation sites is 1. The summed E-state index contributed by atoms with van der Waals surface area (Å²) in [5.41, 5.74) is 3.96. The van der Waals surface area contributed by atoms with Gasteiger partial charge in [-0.1, -0.05) is 18.2 Å². The Balaban J connectivity index is 2.48. The molecule has 14 heavy (non-hydrogen) atoms. The maximum atomic E-state index is 10.0. The average Bonchev–Trinajstić information content (AvgIpc) is 2.26. The molecule has 1 aromatic carbocycles. The zero-order chi connectivity index (χ0) is 9.80. The van der Waals surface area contributed by atoms with Gasteiger partial charge < -0.3 is 4.84 Å². The van der Waals surface area contributed by atoms with Crippen molar-refractivity contribution in [2.75, 3.05) is 5.48 Å². The van der Waals surface area contributed by atoms with Crippen molar-refractivity contribution in [1.82, 2.24) is 4.98 Å². The molecule has 0 bridgehead atoms. The Morgan fingerprint density at radius 3 is 3.00 bits per heavy atom. The molecule has 0 spiro atoms. The number of nitrogens with zero attached hydrogens (tertiary/aromatic N) is 1. The molecular weight excluding hydrogens is 180 g/mol. The van der Waals surface area contributed by atoms with Gasteiger partial charge in [0.1, 0.15) is 0 Å². The van der Waals surface area contributed by atoms with Gasteiger partial charge in [-0.2, -0.15) is 0 Å². The van der Waals surface area contributed by atoms with E-state index in [1.165, 1.54) is 0 Å². The third-order valence-electron chi connectivity index (χ3n) is 1.85. The molecule has 0 aliphatic rings. The van der Waals surface area contributed by atoms with Gasteiger partial charge in [-0.25, -0.2) is 5.48 Å². The van der Waals surface area contributed by atoms with Gasteiger partial charge in [0, 0.05) is 11.6 Å². The summed E-state index contributed by atoms with van der Waals surface area (Å²) < 4.78 is 0. The van der Waals surface area contributed by atoms with E-state index in [0.29, 0.717) is 12.2 Å². The van der Waals surface area contributed by atoms with E-state index in [1.54, 1.807) is 12.3 Å². The number of pyridine rings is 1. The SMILES string of the molecule is O=CONc1cccc2cccnc12. The minimum atomic E-state index is 0.335. The summed E-state index contributed by atoms with van der Waals surface area (Å²) in [7, 11) is 0. The van der Waals surface area contributed by atoms with Crippen molar-refractivity contribution in [2.45, 2.75) is 0 Å². The van der Waals surface area contributed by atoms with Crippen molar-refractivity contribution >= 4 is 23.1 Å². The lowest BCUT2D eigenvalue weighted by atomic mass is 10.2. The lowest BCUT2D eigenvalue weighted by Gasteiger charge is -2.04. The van der Waals surface area contributed by atoms with E-state index < -0.39 is 0 Å². The largest absolute Gasteiger partial charge is 0.347 e. The van der Waals surface area contributed by atoms with Crippen molar-refractivity contribution in [2.24, 2.45) is 0 Å². The second kappa shape index (κ2) is 3.74. The molecule has 1 heterocycles. The minimum absolute atomic E-state index is 0.335. The second-order valence-electron chi connectivity index (χ2n) is 2.70. The summed E-state index contributed by atoms with van der Waals surface area (Å²) in [5.74, 6) is 0. The lowest BCUT2D eigenvalue weighted by Crippen LogP contribution is -1.99. The molecule has 0 aliphatic carbocycles. The van der Waals surface area contributed by atoms with Gasteiger partial charge in [0.25, 0.3) is 0 Å². The molecule has 0 unspecified atom stereocenters. The number of hydrogen-bond donors (Lipinski definition) is 1. The molecule has 0 amide bonds. The molecule has 70 valence electrons. The van der Waals surface area contributed by atoms with Gasteiger partial charge in [0.05, 0.1) is 11.2 Å². The fourth-order valence-electron chi connectivity index (χ4n) is 1.27. The molecule has 4 heteroatoms. The van der Waals surface area contributed by atoms with Crippen LogP contribution in [0.5, 0.6) is 0 Å². The Morgan fingerprint density at radius 1 is 1.29 bits per heavy atom. The first-order valence-corrected chi connectivity index (χ1v) is 4.11. The van der Waals surface area contributed by atoms with Crippen LogP contribution in [0.15, 0.2) is 36.5 Å². The van der Waals surface area contributed by atoms with E-state index >= 15 is 0 Å².